The zero-order chi connectivity index (χ0) is 13.4. The second kappa shape index (κ2) is 7.80. The van der Waals surface area contributed by atoms with Gasteiger partial charge < -0.3 is 15.2 Å². The highest BCUT2D eigenvalue weighted by Gasteiger charge is 2.09. The Kier molecular flexibility index (Phi) is 6.33. The molecule has 0 spiro atoms. The Labute approximate surface area is 110 Å². The van der Waals surface area contributed by atoms with Crippen molar-refractivity contribution >= 4 is 5.69 Å². The lowest BCUT2D eigenvalue weighted by Crippen LogP contribution is -2.12. The van der Waals surface area contributed by atoms with Gasteiger partial charge in [0.1, 0.15) is 0 Å². The van der Waals surface area contributed by atoms with Gasteiger partial charge in [0.25, 0.3) is 0 Å². The Hall–Kier alpha value is -1.45. The summed E-state index contributed by atoms with van der Waals surface area (Å²) in [6.45, 7) is 5.11. The van der Waals surface area contributed by atoms with E-state index < -0.39 is 0 Å². The van der Waals surface area contributed by atoms with E-state index in [-0.39, 0.29) is 0 Å². The number of ether oxygens (including phenoxy) is 2. The first-order valence-electron chi connectivity index (χ1n) is 6.64. The van der Waals surface area contributed by atoms with Crippen LogP contribution in [0.25, 0.3) is 0 Å². The maximum Gasteiger partial charge on any atom is 0.240 e. The number of methoxy groups -OCH3 is 1. The molecule has 1 aromatic heterocycles. The number of nitrogens with two attached hydrogens (primary N) is 1. The fraction of sp³-hybridized carbons (Fsp3) is 0.643. The molecular weight excluding hydrogens is 228 g/mol. The Morgan fingerprint density at radius 1 is 1.33 bits per heavy atom. The van der Waals surface area contributed by atoms with E-state index >= 15 is 0 Å². The van der Waals surface area contributed by atoms with E-state index in [1.807, 2.05) is 0 Å². The summed E-state index contributed by atoms with van der Waals surface area (Å²) in [7, 11) is 1.55. The Morgan fingerprint density at radius 2 is 2.11 bits per heavy atom. The number of pyridine rings is 1. The normalized spacial score (nSPS) is 12.2. The molecule has 18 heavy (non-hydrogen) atoms. The van der Waals surface area contributed by atoms with Crippen molar-refractivity contribution in [3.05, 3.63) is 12.1 Å². The van der Waals surface area contributed by atoms with Gasteiger partial charge in [-0.3, -0.25) is 0 Å². The van der Waals surface area contributed by atoms with Gasteiger partial charge in [-0.2, -0.15) is 4.98 Å². The Balaban J connectivity index is 2.51. The average Bonchev–Trinajstić information content (AvgIpc) is 2.40. The largest absolute Gasteiger partial charge is 0.479 e. The van der Waals surface area contributed by atoms with E-state index in [1.165, 1.54) is 19.3 Å². The van der Waals surface area contributed by atoms with Crippen LogP contribution >= 0.6 is 0 Å². The molecule has 1 atom stereocenters. The summed E-state index contributed by atoms with van der Waals surface area (Å²) in [5.74, 6) is 1.60. The zero-order valence-electron chi connectivity index (χ0n) is 11.6. The molecule has 1 rings (SSSR count). The molecule has 0 radical (unpaired) electrons. The highest BCUT2D eigenvalue weighted by molar-refractivity contribution is 5.49. The van der Waals surface area contributed by atoms with E-state index in [0.717, 1.165) is 6.42 Å². The molecule has 0 fully saturated rings. The van der Waals surface area contributed by atoms with Crippen molar-refractivity contribution in [1.82, 2.24) is 4.98 Å². The van der Waals surface area contributed by atoms with Crippen LogP contribution in [0, 0.1) is 5.92 Å². The minimum absolute atomic E-state index is 0.425. The molecular formula is C14H24N2O2. The van der Waals surface area contributed by atoms with E-state index in [0.29, 0.717) is 30.0 Å². The smallest absolute Gasteiger partial charge is 0.240 e. The van der Waals surface area contributed by atoms with Crippen molar-refractivity contribution in [2.45, 2.75) is 39.5 Å². The molecule has 0 aliphatic carbocycles. The Bertz CT molecular complexity index is 356. The molecule has 0 bridgehead atoms. The molecule has 4 heteroatoms. The van der Waals surface area contributed by atoms with Crippen molar-refractivity contribution in [3.63, 3.8) is 0 Å². The first kappa shape index (κ1) is 14.6. The van der Waals surface area contributed by atoms with Crippen LogP contribution in [0.1, 0.15) is 39.5 Å². The zero-order valence-corrected chi connectivity index (χ0v) is 11.6. The van der Waals surface area contributed by atoms with Gasteiger partial charge in [-0.05, 0) is 18.4 Å². The standard InChI is InChI=1S/C14H24N2O2/c1-4-6-7-11(5-2)10-18-13-9-8-12(15)14(16-13)17-3/h8-9,11H,4-7,10,15H2,1-3H3. The summed E-state index contributed by atoms with van der Waals surface area (Å²) in [5.41, 5.74) is 6.24. The topological polar surface area (TPSA) is 57.4 Å². The SMILES string of the molecule is CCCCC(CC)COc1ccc(N)c(OC)n1. The van der Waals surface area contributed by atoms with Crippen LogP contribution in [0.15, 0.2) is 12.1 Å². The number of unbranched alkanes of at least 4 members (excludes halogenated alkanes) is 1. The van der Waals surface area contributed by atoms with Gasteiger partial charge in [0.15, 0.2) is 0 Å². The summed E-state index contributed by atoms with van der Waals surface area (Å²) in [4.78, 5) is 4.21. The van der Waals surface area contributed by atoms with Crippen LogP contribution in [0.3, 0.4) is 0 Å². The predicted molar refractivity (Wildman–Crippen MR) is 74.0 cm³/mol. The number of aromatic nitrogens is 1. The highest BCUT2D eigenvalue weighted by Crippen LogP contribution is 2.22. The van der Waals surface area contributed by atoms with Crippen LogP contribution in [-0.4, -0.2) is 18.7 Å². The quantitative estimate of drug-likeness (QED) is 0.771. The van der Waals surface area contributed by atoms with Crippen molar-refractivity contribution in [1.29, 1.82) is 0 Å². The monoisotopic (exact) mass is 252 g/mol. The molecule has 102 valence electrons. The van der Waals surface area contributed by atoms with Crippen LogP contribution < -0.4 is 15.2 Å². The van der Waals surface area contributed by atoms with Gasteiger partial charge in [-0.15, -0.1) is 0 Å². The molecule has 1 aromatic rings. The van der Waals surface area contributed by atoms with Gasteiger partial charge in [-0.1, -0.05) is 33.1 Å². The van der Waals surface area contributed by atoms with Gasteiger partial charge in [0, 0.05) is 6.07 Å². The van der Waals surface area contributed by atoms with Gasteiger partial charge >= 0.3 is 0 Å². The summed E-state index contributed by atoms with van der Waals surface area (Å²) in [6.07, 6.45) is 4.82. The molecule has 4 nitrogen and oxygen atoms in total. The lowest BCUT2D eigenvalue weighted by Gasteiger charge is -2.15. The molecule has 2 N–H and O–H groups in total. The van der Waals surface area contributed by atoms with E-state index in [4.69, 9.17) is 15.2 Å². The average molecular weight is 252 g/mol. The van der Waals surface area contributed by atoms with Gasteiger partial charge in [-0.25, -0.2) is 0 Å². The minimum Gasteiger partial charge on any atom is -0.479 e. The molecule has 0 saturated heterocycles. The third kappa shape index (κ3) is 4.43. The number of nitrogen functional groups attached to an aromatic ring is 1. The van der Waals surface area contributed by atoms with Crippen LogP contribution in [0.2, 0.25) is 0 Å². The lowest BCUT2D eigenvalue weighted by atomic mass is 10.0. The first-order valence-corrected chi connectivity index (χ1v) is 6.64. The van der Waals surface area contributed by atoms with Crippen LogP contribution in [0.5, 0.6) is 11.8 Å². The fourth-order valence-electron chi connectivity index (χ4n) is 1.78. The fourth-order valence-corrected chi connectivity index (χ4v) is 1.78. The third-order valence-electron chi connectivity index (χ3n) is 3.07. The van der Waals surface area contributed by atoms with Crippen molar-refractivity contribution in [3.8, 4) is 11.8 Å². The summed E-state index contributed by atoms with van der Waals surface area (Å²) in [6, 6.07) is 3.54. The van der Waals surface area contributed by atoms with Crippen LogP contribution in [-0.2, 0) is 0 Å². The van der Waals surface area contributed by atoms with Gasteiger partial charge in [0.2, 0.25) is 11.8 Å². The molecule has 0 aliphatic rings. The van der Waals surface area contributed by atoms with Gasteiger partial charge in [0.05, 0.1) is 19.4 Å². The second-order valence-corrected chi connectivity index (χ2v) is 4.48. The maximum absolute atomic E-state index is 5.71. The molecule has 0 aromatic carbocycles. The van der Waals surface area contributed by atoms with E-state index in [2.05, 4.69) is 18.8 Å². The lowest BCUT2D eigenvalue weighted by molar-refractivity contribution is 0.223. The molecule has 1 heterocycles. The van der Waals surface area contributed by atoms with E-state index in [9.17, 15) is 0 Å². The van der Waals surface area contributed by atoms with E-state index in [1.54, 1.807) is 19.2 Å². The van der Waals surface area contributed by atoms with Crippen molar-refractivity contribution < 1.29 is 9.47 Å². The number of anilines is 1. The summed E-state index contributed by atoms with van der Waals surface area (Å²) >= 11 is 0. The minimum atomic E-state index is 0.425. The highest BCUT2D eigenvalue weighted by atomic mass is 16.5. The van der Waals surface area contributed by atoms with Crippen LogP contribution in [0.4, 0.5) is 5.69 Å². The molecule has 0 amide bonds. The molecule has 0 aliphatic heterocycles. The number of nitrogens with zero attached hydrogens (tertiary/aromatic N) is 1. The maximum atomic E-state index is 5.71. The number of rotatable bonds is 8. The van der Waals surface area contributed by atoms with Crippen molar-refractivity contribution in [2.75, 3.05) is 19.5 Å². The number of hydrogen-bond acceptors (Lipinski definition) is 4. The third-order valence-corrected chi connectivity index (χ3v) is 3.07. The van der Waals surface area contributed by atoms with Crippen molar-refractivity contribution in [2.24, 2.45) is 5.92 Å². The second-order valence-electron chi connectivity index (χ2n) is 4.48. The Morgan fingerprint density at radius 3 is 2.72 bits per heavy atom. The predicted octanol–water partition coefficient (Wildman–Crippen LogP) is 3.27. The summed E-state index contributed by atoms with van der Waals surface area (Å²) < 4.78 is 10.8. The molecule has 0 saturated carbocycles. The summed E-state index contributed by atoms with van der Waals surface area (Å²) in [5, 5.41) is 0. The first-order chi connectivity index (χ1) is 8.71. The molecule has 1 unspecified atom stereocenters. The number of hydrogen-bond donors (Lipinski definition) is 1.